The van der Waals surface area contributed by atoms with E-state index in [1.807, 2.05) is 18.2 Å². The summed E-state index contributed by atoms with van der Waals surface area (Å²) in [7, 11) is 0. The second-order valence-corrected chi connectivity index (χ2v) is 8.83. The van der Waals surface area contributed by atoms with Crippen LogP contribution in [0.2, 0.25) is 10.0 Å². The van der Waals surface area contributed by atoms with Gasteiger partial charge in [-0.2, -0.15) is 13.2 Å². The molecule has 168 valence electrons. The van der Waals surface area contributed by atoms with Crippen LogP contribution in [0.3, 0.4) is 0 Å². The van der Waals surface area contributed by atoms with Gasteiger partial charge in [0.2, 0.25) is 0 Å². The summed E-state index contributed by atoms with van der Waals surface area (Å²) in [5.41, 5.74) is -0.237. The predicted octanol–water partition coefficient (Wildman–Crippen LogP) is 7.05. The Hall–Kier alpha value is -2.19. The largest absolute Gasteiger partial charge is 0.479 e. The highest BCUT2D eigenvalue weighted by Crippen LogP contribution is 2.43. The molecule has 2 N–H and O–H groups in total. The minimum Gasteiger partial charge on any atom is -0.479 e. The molecule has 10 heteroatoms. The Labute approximate surface area is 195 Å². The maximum atomic E-state index is 12.9. The third-order valence-electron chi connectivity index (χ3n) is 5.39. The molecule has 0 amide bonds. The number of rotatable bonds is 4. The van der Waals surface area contributed by atoms with Gasteiger partial charge in [-0.15, -0.1) is 0 Å². The first-order valence-electron chi connectivity index (χ1n) is 9.44. The van der Waals surface area contributed by atoms with Gasteiger partial charge in [-0.25, -0.2) is 4.79 Å². The van der Waals surface area contributed by atoms with E-state index < -0.39 is 28.6 Å². The number of aliphatic carboxylic acids is 1. The molecule has 0 saturated carbocycles. The van der Waals surface area contributed by atoms with Crippen molar-refractivity contribution < 1.29 is 27.8 Å². The van der Waals surface area contributed by atoms with Gasteiger partial charge in [-0.1, -0.05) is 59.1 Å². The Morgan fingerprint density at radius 3 is 2.34 bits per heavy atom. The monoisotopic (exact) mass is 503 g/mol. The second kappa shape index (κ2) is 8.30. The molecule has 1 fully saturated rings. The van der Waals surface area contributed by atoms with Crippen LogP contribution < -0.4 is 10.1 Å². The molecule has 3 aromatic rings. The van der Waals surface area contributed by atoms with E-state index in [9.17, 15) is 23.1 Å². The average Bonchev–Trinajstić information content (AvgIpc) is 3.12. The van der Waals surface area contributed by atoms with Gasteiger partial charge in [-0.05, 0) is 53.6 Å². The van der Waals surface area contributed by atoms with Gasteiger partial charge in [0.05, 0.1) is 15.6 Å². The number of halogens is 6. The van der Waals surface area contributed by atoms with E-state index in [1.165, 1.54) is 0 Å². The van der Waals surface area contributed by atoms with E-state index >= 15 is 0 Å². The summed E-state index contributed by atoms with van der Waals surface area (Å²) in [6.07, 6.45) is -4.04. The zero-order chi connectivity index (χ0) is 23.3. The summed E-state index contributed by atoms with van der Waals surface area (Å²) in [6, 6.07) is 12.0. The molecule has 1 aliphatic heterocycles. The molecule has 0 bridgehead atoms. The van der Waals surface area contributed by atoms with Gasteiger partial charge < -0.3 is 9.84 Å². The number of carbonyl (C=O) groups is 1. The molecular formula is C22H15Cl3F3NO3. The van der Waals surface area contributed by atoms with Crippen molar-refractivity contribution in [3.63, 3.8) is 0 Å². The highest BCUT2D eigenvalue weighted by Gasteiger charge is 2.48. The zero-order valence-corrected chi connectivity index (χ0v) is 18.4. The Morgan fingerprint density at radius 2 is 1.72 bits per heavy atom. The molecule has 2 atom stereocenters. The highest BCUT2D eigenvalue weighted by molar-refractivity contribution is 6.37. The van der Waals surface area contributed by atoms with Crippen LogP contribution in [-0.2, 0) is 11.0 Å². The minimum atomic E-state index is -4.59. The fourth-order valence-corrected chi connectivity index (χ4v) is 4.70. The summed E-state index contributed by atoms with van der Waals surface area (Å²) in [6.45, 7) is 0.465. The third kappa shape index (κ3) is 4.22. The maximum Gasteiger partial charge on any atom is 0.416 e. The predicted molar refractivity (Wildman–Crippen MR) is 117 cm³/mol. The quantitative estimate of drug-likeness (QED) is 0.295. The van der Waals surface area contributed by atoms with Gasteiger partial charge in [0.15, 0.2) is 10.7 Å². The van der Waals surface area contributed by atoms with E-state index in [1.54, 1.807) is 18.2 Å². The van der Waals surface area contributed by atoms with Gasteiger partial charge in [0.1, 0.15) is 5.75 Å². The van der Waals surface area contributed by atoms with Crippen LogP contribution in [0.25, 0.3) is 10.8 Å². The fraction of sp³-hybridized carbons (Fsp3) is 0.227. The number of carboxylic acid groups (broad SMARTS) is 1. The lowest BCUT2D eigenvalue weighted by Crippen LogP contribution is -2.45. The van der Waals surface area contributed by atoms with Crippen LogP contribution in [0.1, 0.15) is 23.5 Å². The Morgan fingerprint density at radius 1 is 1.06 bits per heavy atom. The molecule has 0 radical (unpaired) electrons. The molecule has 1 heterocycles. The van der Waals surface area contributed by atoms with Crippen molar-refractivity contribution in [2.75, 3.05) is 6.54 Å². The molecule has 4 rings (SSSR count). The number of carboxylic acids is 1. The lowest BCUT2D eigenvalue weighted by Gasteiger charge is -2.25. The lowest BCUT2D eigenvalue weighted by atomic mass is 9.90. The Balaban J connectivity index is 1.68. The smallest absolute Gasteiger partial charge is 0.416 e. The molecule has 1 aliphatic rings. The first-order valence-corrected chi connectivity index (χ1v) is 10.6. The second-order valence-electron chi connectivity index (χ2n) is 7.42. The van der Waals surface area contributed by atoms with Crippen molar-refractivity contribution in [3.05, 3.63) is 69.7 Å². The zero-order valence-electron chi connectivity index (χ0n) is 16.1. The topological polar surface area (TPSA) is 58.6 Å². The van der Waals surface area contributed by atoms with Crippen LogP contribution in [0, 0.1) is 0 Å². The Kier molecular flexibility index (Phi) is 5.96. The van der Waals surface area contributed by atoms with Crippen molar-refractivity contribution >= 4 is 51.5 Å². The molecule has 4 nitrogen and oxygen atoms in total. The SMILES string of the molecule is O=C(O)[C@@]1(Cl)NCCC1c1ccc2ccc(Oc3c(Cl)cc(C(F)(F)F)cc3Cl)cc2c1. The lowest BCUT2D eigenvalue weighted by molar-refractivity contribution is -0.141. The van der Waals surface area contributed by atoms with Gasteiger partial charge in [0, 0.05) is 5.92 Å². The van der Waals surface area contributed by atoms with Crippen LogP contribution in [0.15, 0.2) is 48.5 Å². The first kappa shape index (κ1) is 23.0. The number of hydrogen-bond donors (Lipinski definition) is 2. The average molecular weight is 505 g/mol. The standard InChI is InChI=1S/C22H15Cl3F3NO3/c23-17-9-14(22(26,27)28)10-18(24)19(17)32-15-4-3-11-1-2-12(7-13(11)8-15)16-5-6-29-21(16,25)20(30)31/h1-4,7-10,16,29H,5-6H2,(H,30,31)/t16?,21-/m0/s1. The molecule has 1 saturated heterocycles. The van der Waals surface area contributed by atoms with Crippen molar-refractivity contribution in [1.29, 1.82) is 0 Å². The summed E-state index contributed by atoms with van der Waals surface area (Å²) in [5, 5.41) is 13.4. The van der Waals surface area contributed by atoms with Crippen molar-refractivity contribution in [1.82, 2.24) is 5.32 Å². The molecular weight excluding hydrogens is 490 g/mol. The minimum absolute atomic E-state index is 0.0949. The summed E-state index contributed by atoms with van der Waals surface area (Å²) in [5.74, 6) is -1.39. The van der Waals surface area contributed by atoms with Gasteiger partial charge in [-0.3, -0.25) is 5.32 Å². The van der Waals surface area contributed by atoms with Crippen molar-refractivity contribution in [2.45, 2.75) is 23.5 Å². The molecule has 3 aromatic carbocycles. The molecule has 0 aliphatic carbocycles. The number of ether oxygens (including phenoxy) is 1. The van der Waals surface area contributed by atoms with Crippen LogP contribution in [-0.4, -0.2) is 22.6 Å². The summed E-state index contributed by atoms with van der Waals surface area (Å²) in [4.78, 5) is 10.1. The highest BCUT2D eigenvalue weighted by atomic mass is 35.5. The normalized spacial score (nSPS) is 21.1. The van der Waals surface area contributed by atoms with Gasteiger partial charge in [0.25, 0.3) is 0 Å². The van der Waals surface area contributed by atoms with E-state index in [4.69, 9.17) is 39.5 Å². The van der Waals surface area contributed by atoms with Crippen molar-refractivity contribution in [2.24, 2.45) is 0 Å². The first-order chi connectivity index (χ1) is 15.0. The number of fused-ring (bicyclic) bond motifs is 1. The molecule has 1 unspecified atom stereocenters. The summed E-state index contributed by atoms with van der Waals surface area (Å²) < 4.78 is 44.5. The number of nitrogens with one attached hydrogen (secondary N) is 1. The third-order valence-corrected chi connectivity index (χ3v) is 6.51. The molecule has 32 heavy (non-hydrogen) atoms. The van der Waals surface area contributed by atoms with Crippen molar-refractivity contribution in [3.8, 4) is 11.5 Å². The van der Waals surface area contributed by atoms with Gasteiger partial charge >= 0.3 is 12.1 Å². The summed E-state index contributed by atoms with van der Waals surface area (Å²) >= 11 is 18.3. The molecule has 0 aromatic heterocycles. The van der Waals surface area contributed by atoms with E-state index in [-0.39, 0.29) is 15.8 Å². The maximum absolute atomic E-state index is 12.9. The number of benzene rings is 3. The molecule has 0 spiro atoms. The Bertz CT molecular complexity index is 1190. The van der Waals surface area contributed by atoms with E-state index in [2.05, 4.69) is 5.32 Å². The van der Waals surface area contributed by atoms with E-state index in [0.29, 0.717) is 18.7 Å². The van der Waals surface area contributed by atoms with E-state index in [0.717, 1.165) is 28.5 Å². The number of alkyl halides is 4. The van der Waals surface area contributed by atoms with Crippen LogP contribution in [0.4, 0.5) is 13.2 Å². The van der Waals surface area contributed by atoms with Crippen LogP contribution >= 0.6 is 34.8 Å². The fourth-order valence-electron chi connectivity index (χ4n) is 3.80. The number of hydrogen-bond acceptors (Lipinski definition) is 3. The van der Waals surface area contributed by atoms with Crippen LogP contribution in [0.5, 0.6) is 11.5 Å².